The minimum absolute atomic E-state index is 0.00911. The molecule has 146 valence electrons. The zero-order valence-corrected chi connectivity index (χ0v) is 15.6. The number of amides is 4. The Balaban J connectivity index is 1.48. The van der Waals surface area contributed by atoms with Crippen molar-refractivity contribution in [2.45, 2.75) is 31.7 Å². The molecule has 9 heteroatoms. The van der Waals surface area contributed by atoms with Gasteiger partial charge < -0.3 is 10.2 Å². The molecule has 4 amide bonds. The molecule has 2 N–H and O–H groups in total. The Morgan fingerprint density at radius 2 is 1.93 bits per heavy atom. The van der Waals surface area contributed by atoms with E-state index >= 15 is 0 Å². The number of hydrogen-bond acceptors (Lipinski definition) is 5. The molecule has 4 rings (SSSR count). The lowest BCUT2D eigenvalue weighted by Gasteiger charge is -2.40. The highest BCUT2D eigenvalue weighted by Crippen LogP contribution is 2.33. The fourth-order valence-corrected chi connectivity index (χ4v) is 4.21. The summed E-state index contributed by atoms with van der Waals surface area (Å²) < 4.78 is 1.53. The van der Waals surface area contributed by atoms with Gasteiger partial charge in [-0.25, -0.2) is 9.48 Å². The number of benzene rings is 1. The summed E-state index contributed by atoms with van der Waals surface area (Å²) in [6, 6.07) is 8.94. The third-order valence-electron chi connectivity index (χ3n) is 5.77. The summed E-state index contributed by atoms with van der Waals surface area (Å²) in [5.41, 5.74) is 0.301. The summed E-state index contributed by atoms with van der Waals surface area (Å²) >= 11 is 0. The van der Waals surface area contributed by atoms with Crippen molar-refractivity contribution in [1.82, 2.24) is 30.5 Å². The molecule has 0 spiro atoms. The molecule has 28 heavy (non-hydrogen) atoms. The van der Waals surface area contributed by atoms with Gasteiger partial charge in [0.1, 0.15) is 5.54 Å². The van der Waals surface area contributed by atoms with Gasteiger partial charge in [0.25, 0.3) is 11.8 Å². The summed E-state index contributed by atoms with van der Waals surface area (Å²) in [6.07, 6.45) is 3.27. The van der Waals surface area contributed by atoms with Crippen molar-refractivity contribution in [3.8, 4) is 5.69 Å². The number of imide groups is 1. The topological polar surface area (TPSA) is 109 Å². The maximum atomic E-state index is 13.0. The smallest absolute Gasteiger partial charge is 0.322 e. The molecule has 9 nitrogen and oxygen atoms in total. The fourth-order valence-electron chi connectivity index (χ4n) is 4.21. The van der Waals surface area contributed by atoms with E-state index in [1.165, 1.54) is 10.9 Å². The quantitative estimate of drug-likeness (QED) is 0.770. The lowest BCUT2D eigenvalue weighted by molar-refractivity contribution is -0.126. The number of carbonyl (C=O) groups excluding carboxylic acids is 3. The summed E-state index contributed by atoms with van der Waals surface area (Å²) in [6.45, 7) is 2.91. The van der Waals surface area contributed by atoms with Gasteiger partial charge in [-0.3, -0.25) is 14.9 Å². The number of piperidine rings is 1. The van der Waals surface area contributed by atoms with Gasteiger partial charge in [0.05, 0.1) is 11.9 Å². The Bertz CT molecular complexity index is 903. The Kier molecular flexibility index (Phi) is 4.58. The second-order valence-electron chi connectivity index (χ2n) is 7.17. The van der Waals surface area contributed by atoms with Crippen molar-refractivity contribution >= 4 is 17.8 Å². The highest BCUT2D eigenvalue weighted by Gasteiger charge is 2.51. The van der Waals surface area contributed by atoms with Gasteiger partial charge in [-0.1, -0.05) is 30.3 Å². The van der Waals surface area contributed by atoms with Crippen LogP contribution in [0.15, 0.2) is 36.5 Å². The van der Waals surface area contributed by atoms with Gasteiger partial charge in [0.2, 0.25) is 0 Å². The maximum Gasteiger partial charge on any atom is 0.322 e. The molecule has 3 heterocycles. The maximum absolute atomic E-state index is 13.0. The minimum Gasteiger partial charge on any atom is -0.337 e. The van der Waals surface area contributed by atoms with Crippen LogP contribution in [0, 0.1) is 5.92 Å². The molecule has 0 saturated carbocycles. The number of hydrogen-bond donors (Lipinski definition) is 2. The molecule has 1 aromatic heterocycles. The number of urea groups is 1. The molecule has 2 aliphatic rings. The van der Waals surface area contributed by atoms with Crippen LogP contribution < -0.4 is 10.6 Å². The molecule has 1 atom stereocenters. The highest BCUT2D eigenvalue weighted by molar-refractivity contribution is 6.07. The van der Waals surface area contributed by atoms with Crippen LogP contribution in [0.1, 0.15) is 36.7 Å². The van der Waals surface area contributed by atoms with Crippen LogP contribution in [0.2, 0.25) is 0 Å². The van der Waals surface area contributed by atoms with E-state index in [1.54, 1.807) is 4.90 Å². The average molecular weight is 382 g/mol. The fraction of sp³-hybridized carbons (Fsp3) is 0.421. The van der Waals surface area contributed by atoms with Gasteiger partial charge in [-0.15, -0.1) is 5.10 Å². The first kappa shape index (κ1) is 18.1. The third kappa shape index (κ3) is 2.92. The van der Waals surface area contributed by atoms with Crippen LogP contribution in [0.4, 0.5) is 4.79 Å². The van der Waals surface area contributed by atoms with Crippen molar-refractivity contribution in [3.05, 3.63) is 42.2 Å². The number of nitrogens with one attached hydrogen (secondary N) is 2. The van der Waals surface area contributed by atoms with Crippen molar-refractivity contribution in [2.24, 2.45) is 5.92 Å². The van der Waals surface area contributed by atoms with Crippen LogP contribution >= 0.6 is 0 Å². The van der Waals surface area contributed by atoms with E-state index in [0.29, 0.717) is 38.0 Å². The molecule has 2 fully saturated rings. The molecule has 0 unspecified atom stereocenters. The Hall–Kier alpha value is -3.23. The van der Waals surface area contributed by atoms with Crippen LogP contribution in [0.25, 0.3) is 5.69 Å². The average Bonchev–Trinajstić information content (AvgIpc) is 3.33. The SMILES string of the molecule is CC[C@]1(C2CCN(C(=O)c3cnnn3-c3ccccc3)CC2)NC(=O)NC1=O. The van der Waals surface area contributed by atoms with Gasteiger partial charge in [-0.05, 0) is 37.3 Å². The lowest BCUT2D eigenvalue weighted by Crippen LogP contribution is -2.56. The Morgan fingerprint density at radius 1 is 1.21 bits per heavy atom. The summed E-state index contributed by atoms with van der Waals surface area (Å²) in [7, 11) is 0. The van der Waals surface area contributed by atoms with Crippen molar-refractivity contribution in [1.29, 1.82) is 0 Å². The minimum atomic E-state index is -0.875. The van der Waals surface area contributed by atoms with E-state index in [4.69, 9.17) is 0 Å². The van der Waals surface area contributed by atoms with E-state index in [9.17, 15) is 14.4 Å². The summed E-state index contributed by atoms with van der Waals surface area (Å²) in [4.78, 5) is 38.8. The zero-order chi connectivity index (χ0) is 19.7. The first-order valence-corrected chi connectivity index (χ1v) is 9.44. The van der Waals surface area contributed by atoms with Gasteiger partial charge in [0.15, 0.2) is 5.69 Å². The van der Waals surface area contributed by atoms with E-state index < -0.39 is 11.6 Å². The van der Waals surface area contributed by atoms with Crippen molar-refractivity contribution in [3.63, 3.8) is 0 Å². The van der Waals surface area contributed by atoms with Crippen LogP contribution in [-0.2, 0) is 4.79 Å². The molecule has 0 aliphatic carbocycles. The number of carbonyl (C=O) groups is 3. The lowest BCUT2D eigenvalue weighted by atomic mass is 9.76. The molecule has 2 saturated heterocycles. The first-order chi connectivity index (χ1) is 13.5. The van der Waals surface area contributed by atoms with E-state index in [2.05, 4.69) is 20.9 Å². The zero-order valence-electron chi connectivity index (χ0n) is 15.6. The molecule has 2 aliphatic heterocycles. The standard InChI is InChI=1S/C19H22N6O3/c1-2-19(17(27)21-18(28)22-19)13-8-10-24(11-9-13)16(26)15-12-20-23-25(15)14-6-4-3-5-7-14/h3-7,12-13H,2,8-11H2,1H3,(H2,21,22,27,28)/t19-/m1/s1. The number of rotatable bonds is 4. The monoisotopic (exact) mass is 382 g/mol. The third-order valence-corrected chi connectivity index (χ3v) is 5.77. The van der Waals surface area contributed by atoms with Gasteiger partial charge in [-0.2, -0.15) is 0 Å². The molecule has 0 radical (unpaired) electrons. The molecule has 1 aromatic carbocycles. The summed E-state index contributed by atoms with van der Waals surface area (Å²) in [5.74, 6) is -0.418. The highest BCUT2D eigenvalue weighted by atomic mass is 16.2. The van der Waals surface area contributed by atoms with Crippen molar-refractivity contribution < 1.29 is 14.4 Å². The van der Waals surface area contributed by atoms with E-state index in [0.717, 1.165) is 5.69 Å². The van der Waals surface area contributed by atoms with Gasteiger partial charge >= 0.3 is 6.03 Å². The van der Waals surface area contributed by atoms with Crippen LogP contribution in [0.3, 0.4) is 0 Å². The van der Waals surface area contributed by atoms with Gasteiger partial charge in [0, 0.05) is 13.1 Å². The van der Waals surface area contributed by atoms with Crippen molar-refractivity contribution in [2.75, 3.05) is 13.1 Å². The number of para-hydroxylation sites is 1. The second-order valence-corrected chi connectivity index (χ2v) is 7.17. The number of aromatic nitrogens is 3. The molecule has 2 aromatic rings. The summed E-state index contributed by atoms with van der Waals surface area (Å²) in [5, 5.41) is 13.1. The Labute approximate surface area is 162 Å². The molecular formula is C19H22N6O3. The second kappa shape index (κ2) is 7.06. The number of nitrogens with zero attached hydrogens (tertiary/aromatic N) is 4. The van der Waals surface area contributed by atoms with Crippen LogP contribution in [-0.4, -0.2) is 56.4 Å². The molecular weight excluding hydrogens is 360 g/mol. The predicted molar refractivity (Wildman–Crippen MR) is 99.7 cm³/mol. The molecule has 0 bridgehead atoms. The number of likely N-dealkylation sites (tertiary alicyclic amines) is 1. The van der Waals surface area contributed by atoms with E-state index in [-0.39, 0.29) is 17.7 Å². The van der Waals surface area contributed by atoms with Crippen LogP contribution in [0.5, 0.6) is 0 Å². The normalized spacial score (nSPS) is 22.8. The largest absolute Gasteiger partial charge is 0.337 e. The first-order valence-electron chi connectivity index (χ1n) is 9.44. The Morgan fingerprint density at radius 3 is 2.54 bits per heavy atom. The predicted octanol–water partition coefficient (Wildman–Crippen LogP) is 1.11. The van der Waals surface area contributed by atoms with E-state index in [1.807, 2.05) is 37.3 Å².